The Bertz CT molecular complexity index is 401. The van der Waals surface area contributed by atoms with Gasteiger partial charge >= 0.3 is 0 Å². The fourth-order valence-corrected chi connectivity index (χ4v) is 1.95. The number of halogens is 1. The Morgan fingerprint density at radius 2 is 2.00 bits per heavy atom. The first kappa shape index (κ1) is 18.2. The zero-order valence-electron chi connectivity index (χ0n) is 12.9. The van der Waals surface area contributed by atoms with Gasteiger partial charge in [-0.15, -0.1) is 0 Å². The van der Waals surface area contributed by atoms with E-state index in [-0.39, 0.29) is 0 Å². The van der Waals surface area contributed by atoms with Gasteiger partial charge in [0.2, 0.25) is 0 Å². The van der Waals surface area contributed by atoms with Crippen LogP contribution in [-0.4, -0.2) is 44.2 Å². The summed E-state index contributed by atoms with van der Waals surface area (Å²) in [4.78, 5) is 0. The molecule has 21 heavy (non-hydrogen) atoms. The largest absolute Gasteiger partial charge is 0.389 e. The average Bonchev–Trinajstić information content (AvgIpc) is 2.48. The van der Waals surface area contributed by atoms with Gasteiger partial charge in [0.15, 0.2) is 0 Å². The molecule has 5 heteroatoms. The Morgan fingerprint density at radius 3 is 2.76 bits per heavy atom. The first-order valence-electron chi connectivity index (χ1n) is 7.47. The Labute approximate surface area is 132 Å². The van der Waals surface area contributed by atoms with Crippen molar-refractivity contribution in [3.8, 4) is 0 Å². The number of anilines is 1. The van der Waals surface area contributed by atoms with Crippen molar-refractivity contribution in [3.63, 3.8) is 0 Å². The van der Waals surface area contributed by atoms with Gasteiger partial charge in [-0.1, -0.05) is 31.0 Å². The molecule has 1 unspecified atom stereocenters. The van der Waals surface area contributed by atoms with Crippen LogP contribution in [0.2, 0.25) is 5.02 Å². The van der Waals surface area contributed by atoms with Gasteiger partial charge in [-0.25, -0.2) is 0 Å². The molecule has 2 N–H and O–H groups in total. The number of nitrogens with one attached hydrogen (secondary N) is 1. The van der Waals surface area contributed by atoms with Crippen molar-refractivity contribution >= 4 is 17.3 Å². The van der Waals surface area contributed by atoms with Crippen LogP contribution >= 0.6 is 11.6 Å². The summed E-state index contributed by atoms with van der Waals surface area (Å²) in [6, 6.07) is 5.67. The lowest BCUT2D eigenvalue weighted by atomic mass is 10.2. The van der Waals surface area contributed by atoms with E-state index in [4.69, 9.17) is 21.1 Å². The summed E-state index contributed by atoms with van der Waals surface area (Å²) in [5.41, 5.74) is 1.92. The SMILES string of the molecule is CCCCOCCOCC(O)CNc1cccc(Cl)c1C. The third kappa shape index (κ3) is 7.67. The van der Waals surface area contributed by atoms with Crippen LogP contribution in [0, 0.1) is 6.92 Å². The predicted molar refractivity (Wildman–Crippen MR) is 87.2 cm³/mol. The van der Waals surface area contributed by atoms with Crippen LogP contribution in [0.3, 0.4) is 0 Å². The van der Waals surface area contributed by atoms with E-state index in [2.05, 4.69) is 12.2 Å². The number of unbranched alkanes of at least 4 members (excludes halogenated alkanes) is 1. The normalized spacial score (nSPS) is 12.4. The highest BCUT2D eigenvalue weighted by atomic mass is 35.5. The maximum absolute atomic E-state index is 9.85. The molecule has 0 spiro atoms. The second kappa shape index (κ2) is 10.9. The van der Waals surface area contributed by atoms with E-state index in [9.17, 15) is 5.11 Å². The summed E-state index contributed by atoms with van der Waals surface area (Å²) in [6.07, 6.45) is 1.65. The number of aliphatic hydroxyl groups is 1. The van der Waals surface area contributed by atoms with Gasteiger partial charge in [0.25, 0.3) is 0 Å². The molecule has 1 aromatic rings. The summed E-state index contributed by atoms with van der Waals surface area (Å²) in [5, 5.41) is 13.7. The number of hydrogen-bond acceptors (Lipinski definition) is 4. The van der Waals surface area contributed by atoms with Gasteiger partial charge in [0.1, 0.15) is 0 Å². The van der Waals surface area contributed by atoms with E-state index in [0.717, 1.165) is 35.7 Å². The highest BCUT2D eigenvalue weighted by Gasteiger charge is 2.06. The number of ether oxygens (including phenoxy) is 2. The molecule has 1 rings (SSSR count). The lowest BCUT2D eigenvalue weighted by molar-refractivity contribution is 0.00749. The monoisotopic (exact) mass is 315 g/mol. The Hall–Kier alpha value is -0.810. The van der Waals surface area contributed by atoms with E-state index in [0.29, 0.717) is 26.4 Å². The van der Waals surface area contributed by atoms with Crippen LogP contribution in [0.1, 0.15) is 25.3 Å². The minimum atomic E-state index is -0.556. The molecule has 1 atom stereocenters. The molecule has 4 nitrogen and oxygen atoms in total. The smallest absolute Gasteiger partial charge is 0.0945 e. The summed E-state index contributed by atoms with van der Waals surface area (Å²) in [7, 11) is 0. The van der Waals surface area contributed by atoms with Crippen molar-refractivity contribution in [2.75, 3.05) is 38.3 Å². The standard InChI is InChI=1S/C16H26ClNO3/c1-3-4-8-20-9-10-21-12-14(19)11-18-16-7-5-6-15(17)13(16)2/h5-7,14,18-19H,3-4,8-12H2,1-2H3. The number of rotatable bonds is 11. The summed E-state index contributed by atoms with van der Waals surface area (Å²) >= 11 is 6.04. The molecule has 0 aliphatic rings. The Morgan fingerprint density at radius 1 is 1.24 bits per heavy atom. The minimum Gasteiger partial charge on any atom is -0.389 e. The zero-order valence-corrected chi connectivity index (χ0v) is 13.7. The van der Waals surface area contributed by atoms with Gasteiger partial charge in [-0.05, 0) is 31.0 Å². The molecular formula is C16H26ClNO3. The first-order valence-corrected chi connectivity index (χ1v) is 7.85. The molecule has 0 aliphatic carbocycles. The van der Waals surface area contributed by atoms with Crippen molar-refractivity contribution in [1.29, 1.82) is 0 Å². The molecule has 1 aromatic carbocycles. The average molecular weight is 316 g/mol. The van der Waals surface area contributed by atoms with Gasteiger partial charge in [-0.2, -0.15) is 0 Å². The van der Waals surface area contributed by atoms with E-state index < -0.39 is 6.10 Å². The molecule has 120 valence electrons. The van der Waals surface area contributed by atoms with Crippen LogP contribution in [0.25, 0.3) is 0 Å². The maximum atomic E-state index is 9.85. The highest BCUT2D eigenvalue weighted by molar-refractivity contribution is 6.31. The fraction of sp³-hybridized carbons (Fsp3) is 0.625. The zero-order chi connectivity index (χ0) is 15.5. The van der Waals surface area contributed by atoms with E-state index in [1.807, 2.05) is 25.1 Å². The lowest BCUT2D eigenvalue weighted by Gasteiger charge is -2.15. The van der Waals surface area contributed by atoms with E-state index in [1.165, 1.54) is 0 Å². The van der Waals surface area contributed by atoms with Crippen LogP contribution in [0.5, 0.6) is 0 Å². The van der Waals surface area contributed by atoms with Gasteiger partial charge in [0.05, 0.1) is 25.9 Å². The van der Waals surface area contributed by atoms with Gasteiger partial charge < -0.3 is 19.9 Å². The maximum Gasteiger partial charge on any atom is 0.0945 e. The lowest BCUT2D eigenvalue weighted by Crippen LogP contribution is -2.26. The fourth-order valence-electron chi connectivity index (χ4n) is 1.77. The molecule has 0 radical (unpaired) electrons. The van der Waals surface area contributed by atoms with Crippen LogP contribution in [0.4, 0.5) is 5.69 Å². The number of benzene rings is 1. The van der Waals surface area contributed by atoms with E-state index >= 15 is 0 Å². The quantitative estimate of drug-likeness (QED) is 0.615. The first-order chi connectivity index (χ1) is 10.1. The molecule has 0 fully saturated rings. The molecule has 0 amide bonds. The topological polar surface area (TPSA) is 50.7 Å². The van der Waals surface area contributed by atoms with Crippen molar-refractivity contribution in [3.05, 3.63) is 28.8 Å². The van der Waals surface area contributed by atoms with Crippen molar-refractivity contribution < 1.29 is 14.6 Å². The summed E-state index contributed by atoms with van der Waals surface area (Å²) in [6.45, 7) is 6.66. The van der Waals surface area contributed by atoms with Crippen LogP contribution in [-0.2, 0) is 9.47 Å². The summed E-state index contributed by atoms with van der Waals surface area (Å²) in [5.74, 6) is 0. The number of hydrogen-bond donors (Lipinski definition) is 2. The minimum absolute atomic E-state index is 0.295. The molecule has 0 aromatic heterocycles. The second-order valence-corrected chi connectivity index (χ2v) is 5.40. The van der Waals surface area contributed by atoms with Crippen molar-refractivity contribution in [2.24, 2.45) is 0 Å². The predicted octanol–water partition coefficient (Wildman–Crippen LogP) is 3.25. The van der Waals surface area contributed by atoms with Gasteiger partial charge in [-0.3, -0.25) is 0 Å². The Kier molecular flexibility index (Phi) is 9.42. The molecule has 0 bridgehead atoms. The number of aliphatic hydroxyl groups excluding tert-OH is 1. The van der Waals surface area contributed by atoms with Crippen molar-refractivity contribution in [1.82, 2.24) is 0 Å². The second-order valence-electron chi connectivity index (χ2n) is 4.99. The molecule has 0 saturated carbocycles. The molecule has 0 aliphatic heterocycles. The third-order valence-electron chi connectivity index (χ3n) is 3.12. The Balaban J connectivity index is 2.11. The molecular weight excluding hydrogens is 290 g/mol. The molecule has 0 saturated heterocycles. The van der Waals surface area contributed by atoms with E-state index in [1.54, 1.807) is 0 Å². The third-order valence-corrected chi connectivity index (χ3v) is 3.53. The van der Waals surface area contributed by atoms with Gasteiger partial charge in [0, 0.05) is 23.9 Å². The van der Waals surface area contributed by atoms with Crippen LogP contribution < -0.4 is 5.32 Å². The summed E-state index contributed by atoms with van der Waals surface area (Å²) < 4.78 is 10.8. The van der Waals surface area contributed by atoms with Crippen molar-refractivity contribution in [2.45, 2.75) is 32.8 Å². The highest BCUT2D eigenvalue weighted by Crippen LogP contribution is 2.22. The van der Waals surface area contributed by atoms with Crippen LogP contribution in [0.15, 0.2) is 18.2 Å². The molecule has 0 heterocycles.